The van der Waals surface area contributed by atoms with E-state index >= 15 is 0 Å². The van der Waals surface area contributed by atoms with Gasteiger partial charge in [-0.25, -0.2) is 8.42 Å². The van der Waals surface area contributed by atoms with Gasteiger partial charge in [0, 0.05) is 18.2 Å². The minimum atomic E-state index is -3.85. The fraction of sp³-hybridized carbons (Fsp3) is 0.467. The molecule has 0 spiro atoms. The van der Waals surface area contributed by atoms with E-state index in [-0.39, 0.29) is 22.9 Å². The van der Waals surface area contributed by atoms with Gasteiger partial charge in [0.1, 0.15) is 0 Å². The van der Waals surface area contributed by atoms with Crippen molar-refractivity contribution in [3.63, 3.8) is 0 Å². The lowest BCUT2D eigenvalue weighted by molar-refractivity contribution is -0.121. The van der Waals surface area contributed by atoms with Gasteiger partial charge in [0.15, 0.2) is 0 Å². The summed E-state index contributed by atoms with van der Waals surface area (Å²) in [5.41, 5.74) is -0.273. The maximum atomic E-state index is 12.2. The van der Waals surface area contributed by atoms with Gasteiger partial charge in [-0.15, -0.1) is 0 Å². The van der Waals surface area contributed by atoms with E-state index < -0.39 is 21.5 Å². The summed E-state index contributed by atoms with van der Waals surface area (Å²) >= 11 is 0. The molecule has 134 valence electrons. The first-order valence-corrected chi connectivity index (χ1v) is 8.63. The molecule has 8 nitrogen and oxygen atoms in total. The third-order valence-corrected chi connectivity index (χ3v) is 4.59. The molecule has 0 aromatic heterocycles. The van der Waals surface area contributed by atoms with E-state index in [4.69, 9.17) is 0 Å². The number of rotatable bonds is 6. The van der Waals surface area contributed by atoms with Gasteiger partial charge in [0.2, 0.25) is 5.91 Å². The molecule has 1 rings (SSSR count). The van der Waals surface area contributed by atoms with Crippen LogP contribution in [0.15, 0.2) is 29.2 Å². The average molecular weight is 357 g/mol. The Morgan fingerprint density at radius 3 is 2.42 bits per heavy atom. The quantitative estimate of drug-likeness (QED) is 0.722. The number of amides is 2. The maximum Gasteiger partial charge on any atom is 0.264 e. The second kappa shape index (κ2) is 7.73. The lowest BCUT2D eigenvalue weighted by Crippen LogP contribution is -2.45. The standard InChI is InChI=1S/C15H23N3O5S/c1-15(2,3)17-13(19)10-16-14(20)11-7-6-8-12(9-11)24(21,22)18(4)23-5/h6-9H,10H2,1-5H3,(H,16,20)(H,17,19). The SMILES string of the molecule is CON(C)S(=O)(=O)c1cccc(C(=O)NCC(=O)NC(C)(C)C)c1. The fourth-order valence-corrected chi connectivity index (χ4v) is 2.79. The lowest BCUT2D eigenvalue weighted by Gasteiger charge is -2.20. The van der Waals surface area contributed by atoms with Gasteiger partial charge in [0.05, 0.1) is 18.6 Å². The number of sulfonamides is 1. The third kappa shape index (κ3) is 5.59. The summed E-state index contributed by atoms with van der Waals surface area (Å²) in [4.78, 5) is 28.4. The predicted octanol–water partition coefficient (Wildman–Crippen LogP) is 0.513. The Morgan fingerprint density at radius 1 is 1.25 bits per heavy atom. The smallest absolute Gasteiger partial charge is 0.264 e. The Morgan fingerprint density at radius 2 is 1.88 bits per heavy atom. The first-order valence-electron chi connectivity index (χ1n) is 7.19. The fourth-order valence-electron chi connectivity index (χ4n) is 1.77. The highest BCUT2D eigenvalue weighted by atomic mass is 32.2. The Hall–Kier alpha value is -1.97. The minimum absolute atomic E-state index is 0.0846. The third-order valence-electron chi connectivity index (χ3n) is 2.91. The first-order chi connectivity index (χ1) is 11.0. The number of benzene rings is 1. The molecule has 1 aromatic carbocycles. The van der Waals surface area contributed by atoms with Crippen LogP contribution in [0.3, 0.4) is 0 Å². The monoisotopic (exact) mass is 357 g/mol. The summed E-state index contributed by atoms with van der Waals surface area (Å²) in [6.07, 6.45) is 0. The zero-order valence-corrected chi connectivity index (χ0v) is 15.2. The Labute approximate surface area is 142 Å². The van der Waals surface area contributed by atoms with Crippen LogP contribution in [-0.4, -0.2) is 50.9 Å². The van der Waals surface area contributed by atoms with Crippen LogP contribution in [0.25, 0.3) is 0 Å². The highest BCUT2D eigenvalue weighted by Crippen LogP contribution is 2.16. The van der Waals surface area contributed by atoms with Crippen molar-refractivity contribution in [1.29, 1.82) is 0 Å². The summed E-state index contributed by atoms with van der Waals surface area (Å²) in [6, 6.07) is 5.49. The van der Waals surface area contributed by atoms with Gasteiger partial charge >= 0.3 is 0 Å². The van der Waals surface area contributed by atoms with Gasteiger partial charge < -0.3 is 10.6 Å². The van der Waals surface area contributed by atoms with Gasteiger partial charge in [-0.1, -0.05) is 10.5 Å². The molecular formula is C15H23N3O5S. The zero-order valence-electron chi connectivity index (χ0n) is 14.4. The number of hydrogen-bond acceptors (Lipinski definition) is 5. The molecule has 2 N–H and O–H groups in total. The van der Waals surface area contributed by atoms with Crippen molar-refractivity contribution in [2.75, 3.05) is 20.7 Å². The van der Waals surface area contributed by atoms with E-state index in [1.54, 1.807) is 0 Å². The summed E-state index contributed by atoms with van der Waals surface area (Å²) in [5.74, 6) is -0.880. The highest BCUT2D eigenvalue weighted by molar-refractivity contribution is 7.89. The van der Waals surface area contributed by atoms with Crippen LogP contribution in [0.4, 0.5) is 0 Å². The molecular weight excluding hydrogens is 334 g/mol. The molecule has 0 aliphatic rings. The number of hydrogen-bond donors (Lipinski definition) is 2. The number of nitrogens with zero attached hydrogens (tertiary/aromatic N) is 1. The van der Waals surface area contributed by atoms with Crippen molar-refractivity contribution in [1.82, 2.24) is 15.1 Å². The van der Waals surface area contributed by atoms with Crippen molar-refractivity contribution >= 4 is 21.8 Å². The molecule has 9 heteroatoms. The molecule has 0 bridgehead atoms. The van der Waals surface area contributed by atoms with Crippen LogP contribution in [0.5, 0.6) is 0 Å². The minimum Gasteiger partial charge on any atom is -0.350 e. The van der Waals surface area contributed by atoms with Crippen LogP contribution in [0.2, 0.25) is 0 Å². The van der Waals surface area contributed by atoms with E-state index in [0.717, 1.165) is 0 Å². The van der Waals surface area contributed by atoms with Crippen molar-refractivity contribution < 1.29 is 22.8 Å². The largest absolute Gasteiger partial charge is 0.350 e. The van der Waals surface area contributed by atoms with E-state index in [2.05, 4.69) is 15.5 Å². The average Bonchev–Trinajstić information content (AvgIpc) is 2.50. The number of carbonyl (C=O) groups is 2. The molecule has 0 radical (unpaired) electrons. The molecule has 0 saturated heterocycles. The highest BCUT2D eigenvalue weighted by Gasteiger charge is 2.22. The molecule has 1 aromatic rings. The number of nitrogens with one attached hydrogen (secondary N) is 2. The summed E-state index contributed by atoms with van der Waals surface area (Å²) in [5, 5.41) is 5.16. The summed E-state index contributed by atoms with van der Waals surface area (Å²) in [6.45, 7) is 5.28. The molecule has 0 unspecified atom stereocenters. The molecule has 0 fully saturated rings. The van der Waals surface area contributed by atoms with Gasteiger partial charge in [-0.2, -0.15) is 0 Å². The van der Waals surface area contributed by atoms with Gasteiger partial charge in [0.25, 0.3) is 15.9 Å². The molecule has 0 heterocycles. The van der Waals surface area contributed by atoms with E-state index in [1.807, 2.05) is 20.8 Å². The number of hydroxylamine groups is 1. The molecule has 0 saturated carbocycles. The number of carbonyl (C=O) groups excluding carboxylic acids is 2. The second-order valence-electron chi connectivity index (χ2n) is 6.11. The van der Waals surface area contributed by atoms with Crippen LogP contribution >= 0.6 is 0 Å². The van der Waals surface area contributed by atoms with Crippen LogP contribution in [0.1, 0.15) is 31.1 Å². The van der Waals surface area contributed by atoms with Crippen molar-refractivity contribution in [3.05, 3.63) is 29.8 Å². The predicted molar refractivity (Wildman–Crippen MR) is 88.6 cm³/mol. The Bertz CT molecular complexity index is 710. The van der Waals surface area contributed by atoms with Crippen LogP contribution in [0, 0.1) is 0 Å². The second-order valence-corrected chi connectivity index (χ2v) is 8.04. The molecule has 24 heavy (non-hydrogen) atoms. The lowest BCUT2D eigenvalue weighted by atomic mass is 10.1. The van der Waals surface area contributed by atoms with E-state index in [1.165, 1.54) is 38.4 Å². The molecule has 0 aliphatic heterocycles. The van der Waals surface area contributed by atoms with Crippen LogP contribution in [-0.2, 0) is 19.7 Å². The zero-order chi connectivity index (χ0) is 18.5. The van der Waals surface area contributed by atoms with Crippen LogP contribution < -0.4 is 10.6 Å². The summed E-state index contributed by atoms with van der Waals surface area (Å²) in [7, 11) is -1.38. The Balaban J connectivity index is 2.83. The van der Waals surface area contributed by atoms with Crippen molar-refractivity contribution in [2.45, 2.75) is 31.2 Å². The first kappa shape index (κ1) is 20.1. The van der Waals surface area contributed by atoms with Gasteiger partial charge in [-0.05, 0) is 39.0 Å². The molecule has 0 aliphatic carbocycles. The van der Waals surface area contributed by atoms with E-state index in [9.17, 15) is 18.0 Å². The summed E-state index contributed by atoms with van der Waals surface area (Å²) < 4.78 is 25.0. The maximum absolute atomic E-state index is 12.2. The van der Waals surface area contributed by atoms with Crippen molar-refractivity contribution in [2.24, 2.45) is 0 Å². The molecule has 0 atom stereocenters. The normalized spacial score (nSPS) is 12.1. The topological polar surface area (TPSA) is 105 Å². The van der Waals surface area contributed by atoms with E-state index in [0.29, 0.717) is 4.47 Å². The van der Waals surface area contributed by atoms with Crippen molar-refractivity contribution in [3.8, 4) is 0 Å². The van der Waals surface area contributed by atoms with Gasteiger partial charge in [-0.3, -0.25) is 14.4 Å². The Kier molecular flexibility index (Phi) is 6.47. The molecule has 2 amide bonds.